The van der Waals surface area contributed by atoms with Gasteiger partial charge >= 0.3 is 0 Å². The lowest BCUT2D eigenvalue weighted by Crippen LogP contribution is -2.25. The molecule has 0 aliphatic rings. The molecule has 2 aromatic heterocycles. The number of hydrogen-bond acceptors (Lipinski definition) is 5. The Morgan fingerprint density at radius 2 is 2.15 bits per heavy atom. The fourth-order valence-electron chi connectivity index (χ4n) is 2.04. The summed E-state index contributed by atoms with van der Waals surface area (Å²) in [6.45, 7) is 3.88. The lowest BCUT2D eigenvalue weighted by Gasteiger charge is -2.16. The Balaban J connectivity index is 2.12. The first-order valence-electron chi connectivity index (χ1n) is 6.33. The summed E-state index contributed by atoms with van der Waals surface area (Å²) in [6, 6.07) is 3.79. The second kappa shape index (κ2) is 5.73. The lowest BCUT2D eigenvalue weighted by molar-refractivity contribution is 0.0949. The Kier molecular flexibility index (Phi) is 4.02. The minimum Gasteiger partial charge on any atom is -0.362 e. The van der Waals surface area contributed by atoms with Crippen LogP contribution in [0.2, 0.25) is 0 Å². The van der Waals surface area contributed by atoms with Crippen LogP contribution in [-0.2, 0) is 6.54 Å². The summed E-state index contributed by atoms with van der Waals surface area (Å²) in [6.07, 6.45) is 1.73. The van der Waals surface area contributed by atoms with Crippen LogP contribution in [0.4, 0.5) is 5.82 Å². The monoisotopic (exact) mass is 274 g/mol. The molecule has 0 aliphatic heterocycles. The Labute approximate surface area is 117 Å². The lowest BCUT2D eigenvalue weighted by atomic mass is 10.2. The molecule has 0 radical (unpaired) electrons. The topological polar surface area (TPSA) is 71.3 Å². The molecule has 6 heteroatoms. The van der Waals surface area contributed by atoms with Gasteiger partial charge in [0.05, 0.1) is 5.69 Å². The molecule has 0 fully saturated rings. The summed E-state index contributed by atoms with van der Waals surface area (Å²) in [4.78, 5) is 18.4. The highest BCUT2D eigenvalue weighted by Crippen LogP contribution is 2.15. The van der Waals surface area contributed by atoms with E-state index in [1.54, 1.807) is 20.0 Å². The number of pyridine rings is 1. The molecule has 0 saturated heterocycles. The summed E-state index contributed by atoms with van der Waals surface area (Å²) in [5, 5.41) is 6.65. The molecule has 0 bridgehead atoms. The van der Waals surface area contributed by atoms with Gasteiger partial charge in [0.15, 0.2) is 0 Å². The van der Waals surface area contributed by atoms with Crippen LogP contribution in [0.5, 0.6) is 0 Å². The van der Waals surface area contributed by atoms with E-state index < -0.39 is 0 Å². The molecule has 1 N–H and O–H groups in total. The van der Waals surface area contributed by atoms with Crippen LogP contribution < -0.4 is 10.2 Å². The predicted molar refractivity (Wildman–Crippen MR) is 75.7 cm³/mol. The van der Waals surface area contributed by atoms with E-state index in [0.717, 1.165) is 11.4 Å². The zero-order valence-corrected chi connectivity index (χ0v) is 12.1. The quantitative estimate of drug-likeness (QED) is 0.918. The number of amides is 1. The van der Waals surface area contributed by atoms with Gasteiger partial charge < -0.3 is 14.7 Å². The summed E-state index contributed by atoms with van der Waals surface area (Å²) >= 11 is 0. The van der Waals surface area contributed by atoms with Gasteiger partial charge in [-0.05, 0) is 19.9 Å². The number of anilines is 1. The van der Waals surface area contributed by atoms with E-state index in [0.29, 0.717) is 23.6 Å². The number of hydrogen-bond donors (Lipinski definition) is 1. The number of aryl methyl sites for hydroxylation is 2. The normalized spacial score (nSPS) is 10.4. The van der Waals surface area contributed by atoms with Crippen molar-refractivity contribution >= 4 is 11.7 Å². The molecule has 2 aromatic rings. The molecule has 1 amide bonds. The fourth-order valence-corrected chi connectivity index (χ4v) is 2.04. The van der Waals surface area contributed by atoms with Crippen molar-refractivity contribution < 1.29 is 9.32 Å². The van der Waals surface area contributed by atoms with E-state index in [1.165, 1.54) is 0 Å². The van der Waals surface area contributed by atoms with Crippen molar-refractivity contribution in [3.05, 3.63) is 40.9 Å². The van der Waals surface area contributed by atoms with Crippen LogP contribution in [0.25, 0.3) is 0 Å². The highest BCUT2D eigenvalue weighted by atomic mass is 16.5. The van der Waals surface area contributed by atoms with Gasteiger partial charge in [0.1, 0.15) is 17.1 Å². The van der Waals surface area contributed by atoms with Crippen molar-refractivity contribution in [2.75, 3.05) is 19.0 Å². The first-order valence-corrected chi connectivity index (χ1v) is 6.33. The average Bonchev–Trinajstić information content (AvgIpc) is 2.76. The third kappa shape index (κ3) is 2.79. The number of nitrogens with zero attached hydrogens (tertiary/aromatic N) is 3. The van der Waals surface area contributed by atoms with Gasteiger partial charge in [0, 0.05) is 32.4 Å². The third-order valence-corrected chi connectivity index (χ3v) is 2.99. The molecular weight excluding hydrogens is 256 g/mol. The molecule has 0 spiro atoms. The molecule has 2 heterocycles. The zero-order chi connectivity index (χ0) is 14.7. The van der Waals surface area contributed by atoms with Gasteiger partial charge in [0.2, 0.25) is 0 Å². The largest absolute Gasteiger partial charge is 0.362 e. The molecule has 0 saturated carbocycles. The highest BCUT2D eigenvalue weighted by molar-refractivity contribution is 5.96. The molecule has 2 rings (SSSR count). The summed E-state index contributed by atoms with van der Waals surface area (Å²) in [5.41, 5.74) is 2.05. The Morgan fingerprint density at radius 3 is 2.75 bits per heavy atom. The Morgan fingerprint density at radius 1 is 1.40 bits per heavy atom. The standard InChI is InChI=1S/C14H18N4O2/c1-9-12(10(2)20-17-9)14(19)16-8-11-6-5-7-15-13(11)18(3)4/h5-7H,8H2,1-4H3,(H,16,19). The van der Waals surface area contributed by atoms with Crippen molar-refractivity contribution in [2.45, 2.75) is 20.4 Å². The van der Waals surface area contributed by atoms with Gasteiger partial charge in [-0.2, -0.15) is 0 Å². The molecular formula is C14H18N4O2. The third-order valence-electron chi connectivity index (χ3n) is 2.99. The second-order valence-corrected chi connectivity index (χ2v) is 4.76. The van der Waals surface area contributed by atoms with Crippen molar-refractivity contribution in [2.24, 2.45) is 0 Å². The summed E-state index contributed by atoms with van der Waals surface area (Å²) in [7, 11) is 3.84. The van der Waals surface area contributed by atoms with E-state index in [-0.39, 0.29) is 5.91 Å². The van der Waals surface area contributed by atoms with E-state index in [4.69, 9.17) is 4.52 Å². The van der Waals surface area contributed by atoms with E-state index >= 15 is 0 Å². The molecule has 20 heavy (non-hydrogen) atoms. The van der Waals surface area contributed by atoms with Gasteiger partial charge in [0.25, 0.3) is 5.91 Å². The summed E-state index contributed by atoms with van der Waals surface area (Å²) in [5.74, 6) is 1.18. The zero-order valence-electron chi connectivity index (χ0n) is 12.1. The van der Waals surface area contributed by atoms with Crippen LogP contribution in [0.15, 0.2) is 22.9 Å². The molecule has 0 aromatic carbocycles. The van der Waals surface area contributed by atoms with Crippen LogP contribution >= 0.6 is 0 Å². The maximum Gasteiger partial charge on any atom is 0.257 e. The van der Waals surface area contributed by atoms with Crippen LogP contribution in [0.1, 0.15) is 27.4 Å². The van der Waals surface area contributed by atoms with Gasteiger partial charge in [-0.25, -0.2) is 4.98 Å². The maximum absolute atomic E-state index is 12.2. The van der Waals surface area contributed by atoms with Crippen LogP contribution in [0.3, 0.4) is 0 Å². The van der Waals surface area contributed by atoms with Crippen molar-refractivity contribution in [3.63, 3.8) is 0 Å². The van der Waals surface area contributed by atoms with Crippen molar-refractivity contribution in [3.8, 4) is 0 Å². The Hall–Kier alpha value is -2.37. The summed E-state index contributed by atoms with van der Waals surface area (Å²) < 4.78 is 5.00. The number of carbonyl (C=O) groups excluding carboxylic acids is 1. The van der Waals surface area contributed by atoms with Gasteiger partial charge in [-0.1, -0.05) is 11.2 Å². The molecule has 0 unspecified atom stereocenters. The predicted octanol–water partition coefficient (Wildman–Crippen LogP) is 1.68. The number of nitrogens with one attached hydrogen (secondary N) is 1. The second-order valence-electron chi connectivity index (χ2n) is 4.76. The smallest absolute Gasteiger partial charge is 0.257 e. The molecule has 0 aliphatic carbocycles. The number of aromatic nitrogens is 2. The van der Waals surface area contributed by atoms with Gasteiger partial charge in [-0.3, -0.25) is 4.79 Å². The van der Waals surface area contributed by atoms with Crippen molar-refractivity contribution in [1.29, 1.82) is 0 Å². The number of carbonyl (C=O) groups is 1. The molecule has 106 valence electrons. The van der Waals surface area contributed by atoms with Gasteiger partial charge in [-0.15, -0.1) is 0 Å². The first-order chi connectivity index (χ1) is 9.50. The fraction of sp³-hybridized carbons (Fsp3) is 0.357. The first kappa shape index (κ1) is 14.0. The van der Waals surface area contributed by atoms with E-state index in [9.17, 15) is 4.79 Å². The van der Waals surface area contributed by atoms with E-state index in [2.05, 4.69) is 15.5 Å². The Bertz CT molecular complexity index is 600. The molecule has 0 atom stereocenters. The highest BCUT2D eigenvalue weighted by Gasteiger charge is 2.17. The number of rotatable bonds is 4. The average molecular weight is 274 g/mol. The molecule has 6 nitrogen and oxygen atoms in total. The minimum absolute atomic E-state index is 0.185. The van der Waals surface area contributed by atoms with Crippen LogP contribution in [0, 0.1) is 13.8 Å². The van der Waals surface area contributed by atoms with E-state index in [1.807, 2.05) is 31.1 Å². The van der Waals surface area contributed by atoms with Crippen LogP contribution in [-0.4, -0.2) is 30.1 Å². The maximum atomic E-state index is 12.2. The van der Waals surface area contributed by atoms with Crippen molar-refractivity contribution in [1.82, 2.24) is 15.5 Å². The SMILES string of the molecule is Cc1noc(C)c1C(=O)NCc1cccnc1N(C)C. The minimum atomic E-state index is -0.185.